The predicted octanol–water partition coefficient (Wildman–Crippen LogP) is 4.80. The zero-order valence-corrected chi connectivity index (χ0v) is 21.5. The van der Waals surface area contributed by atoms with Gasteiger partial charge in [0.15, 0.2) is 11.6 Å². The smallest absolute Gasteiger partial charge is 0.307 e. The fourth-order valence-corrected chi connectivity index (χ4v) is 5.53. The summed E-state index contributed by atoms with van der Waals surface area (Å²) in [7, 11) is 0. The molecule has 0 saturated carbocycles. The Bertz CT molecular complexity index is 1530. The normalized spacial score (nSPS) is 17.6. The number of carboxylic acids is 1. The number of hydrogen-bond acceptors (Lipinski definition) is 6. The second-order valence-corrected chi connectivity index (χ2v) is 10.3. The van der Waals surface area contributed by atoms with Gasteiger partial charge in [0.2, 0.25) is 11.8 Å². The van der Waals surface area contributed by atoms with Gasteiger partial charge in [-0.05, 0) is 43.2 Å². The minimum Gasteiger partial charge on any atom is -0.481 e. The molecule has 8 nitrogen and oxygen atoms in total. The van der Waals surface area contributed by atoms with Gasteiger partial charge in [-0.2, -0.15) is 0 Å². The van der Waals surface area contributed by atoms with E-state index in [-0.39, 0.29) is 40.3 Å². The monoisotopic (exact) mass is 540 g/mol. The number of ketones is 2. The zero-order valence-electron chi connectivity index (χ0n) is 20.7. The van der Waals surface area contributed by atoms with Gasteiger partial charge >= 0.3 is 5.97 Å². The van der Waals surface area contributed by atoms with Crippen molar-refractivity contribution in [3.8, 4) is 0 Å². The third kappa shape index (κ3) is 5.39. The van der Waals surface area contributed by atoms with Crippen LogP contribution in [0.25, 0.3) is 0 Å². The summed E-state index contributed by atoms with van der Waals surface area (Å²) < 4.78 is 0. The molecule has 0 spiro atoms. The average Bonchev–Trinajstić information content (AvgIpc) is 2.95. The number of carbonyl (C=O) groups is 5. The molecule has 0 heterocycles. The van der Waals surface area contributed by atoms with Crippen molar-refractivity contribution >= 4 is 52.5 Å². The minimum atomic E-state index is -0.985. The molecule has 2 amide bonds. The van der Waals surface area contributed by atoms with Gasteiger partial charge in [0.25, 0.3) is 0 Å². The Morgan fingerprint density at radius 1 is 0.769 bits per heavy atom. The molecule has 5 rings (SSSR count). The lowest BCUT2D eigenvalue weighted by Crippen LogP contribution is -2.34. The van der Waals surface area contributed by atoms with E-state index in [0.29, 0.717) is 35.3 Å². The number of fused-ring (bicyclic) bond motifs is 2. The number of thioether (sulfide) groups is 1. The molecule has 0 bridgehead atoms. The van der Waals surface area contributed by atoms with E-state index in [9.17, 15) is 29.1 Å². The lowest BCUT2D eigenvalue weighted by Gasteiger charge is -2.24. The molecular formula is C30H24N2O6S. The third-order valence-corrected chi connectivity index (χ3v) is 7.82. The first-order valence-corrected chi connectivity index (χ1v) is 13.3. The molecule has 2 aliphatic carbocycles. The first kappa shape index (κ1) is 26.1. The van der Waals surface area contributed by atoms with Gasteiger partial charge < -0.3 is 15.7 Å². The van der Waals surface area contributed by atoms with E-state index in [4.69, 9.17) is 0 Å². The Balaban J connectivity index is 1.20. The highest BCUT2D eigenvalue weighted by molar-refractivity contribution is 8.00. The summed E-state index contributed by atoms with van der Waals surface area (Å²) in [5, 5.41) is 14.9. The lowest BCUT2D eigenvalue weighted by atomic mass is 9.82. The molecule has 0 aromatic heterocycles. The maximum Gasteiger partial charge on any atom is 0.307 e. The molecule has 0 fully saturated rings. The van der Waals surface area contributed by atoms with Gasteiger partial charge in [-0.25, -0.2) is 0 Å². The molecule has 39 heavy (non-hydrogen) atoms. The maximum absolute atomic E-state index is 13.1. The van der Waals surface area contributed by atoms with Crippen molar-refractivity contribution in [1.82, 2.24) is 0 Å². The average molecular weight is 541 g/mol. The van der Waals surface area contributed by atoms with Crippen LogP contribution in [0, 0.1) is 11.8 Å². The number of hydrogen-bond donors (Lipinski definition) is 3. The van der Waals surface area contributed by atoms with Gasteiger partial charge in [0, 0.05) is 27.3 Å². The second kappa shape index (κ2) is 11.1. The van der Waals surface area contributed by atoms with Crippen LogP contribution in [-0.4, -0.2) is 40.2 Å². The van der Waals surface area contributed by atoms with Gasteiger partial charge in [-0.1, -0.05) is 48.6 Å². The SMILES string of the molecule is O=C(CSc1ccc(NC(=O)C2CC=CCC2C(=O)O)cc1)Nc1cccc2c1C(=O)c1ccccc1C2=O. The van der Waals surface area contributed by atoms with Crippen LogP contribution in [-0.2, 0) is 14.4 Å². The van der Waals surface area contributed by atoms with E-state index in [0.717, 1.165) is 4.90 Å². The highest BCUT2D eigenvalue weighted by Crippen LogP contribution is 2.32. The number of amides is 2. The molecule has 3 aromatic carbocycles. The highest BCUT2D eigenvalue weighted by atomic mass is 32.2. The van der Waals surface area contributed by atoms with Gasteiger partial charge in [0.1, 0.15) is 0 Å². The summed E-state index contributed by atoms with van der Waals surface area (Å²) in [6.45, 7) is 0. The largest absolute Gasteiger partial charge is 0.481 e. The standard InChI is InChI=1S/C30H24N2O6S/c33-25(32-24-11-5-10-23-26(24)28(35)20-7-2-1-6-19(20)27(23)34)16-39-18-14-12-17(13-15-18)31-29(36)21-8-3-4-9-22(21)30(37)38/h1-7,10-15,21-22H,8-9,16H2,(H,31,36)(H,32,33)(H,37,38). The van der Waals surface area contributed by atoms with Crippen molar-refractivity contribution in [3.05, 3.63) is 101 Å². The predicted molar refractivity (Wildman–Crippen MR) is 147 cm³/mol. The fourth-order valence-electron chi connectivity index (χ4n) is 4.83. The van der Waals surface area contributed by atoms with Gasteiger partial charge in [-0.15, -0.1) is 11.8 Å². The Hall–Kier alpha value is -4.50. The van der Waals surface area contributed by atoms with Gasteiger partial charge in [-0.3, -0.25) is 24.0 Å². The number of carboxylic acid groups (broad SMARTS) is 1. The van der Waals surface area contributed by atoms with Crippen LogP contribution < -0.4 is 10.6 Å². The maximum atomic E-state index is 13.1. The molecule has 0 aliphatic heterocycles. The van der Waals surface area contributed by atoms with E-state index in [1.165, 1.54) is 11.8 Å². The van der Waals surface area contributed by atoms with Crippen molar-refractivity contribution in [2.24, 2.45) is 11.8 Å². The zero-order chi connectivity index (χ0) is 27.5. The lowest BCUT2D eigenvalue weighted by molar-refractivity contribution is -0.146. The Kier molecular flexibility index (Phi) is 7.42. The molecule has 3 aromatic rings. The van der Waals surface area contributed by atoms with Crippen LogP contribution in [0.1, 0.15) is 44.7 Å². The molecule has 9 heteroatoms. The molecule has 2 unspecified atom stereocenters. The summed E-state index contributed by atoms with van der Waals surface area (Å²) in [6.07, 6.45) is 4.32. The molecular weight excluding hydrogens is 516 g/mol. The minimum absolute atomic E-state index is 0.0583. The number of anilines is 2. The van der Waals surface area contributed by atoms with Crippen LogP contribution in [0.2, 0.25) is 0 Å². The Morgan fingerprint density at radius 3 is 2.10 bits per heavy atom. The van der Waals surface area contributed by atoms with Crippen molar-refractivity contribution < 1.29 is 29.1 Å². The molecule has 0 saturated heterocycles. The summed E-state index contributed by atoms with van der Waals surface area (Å²) in [5.41, 5.74) is 1.95. The van der Waals surface area contributed by atoms with Crippen LogP contribution in [0.4, 0.5) is 11.4 Å². The Labute approximate surface area is 228 Å². The van der Waals surface area contributed by atoms with Crippen molar-refractivity contribution in [2.75, 3.05) is 16.4 Å². The quantitative estimate of drug-likeness (QED) is 0.227. The van der Waals surface area contributed by atoms with Crippen molar-refractivity contribution in [2.45, 2.75) is 17.7 Å². The van der Waals surface area contributed by atoms with Crippen LogP contribution in [0.5, 0.6) is 0 Å². The summed E-state index contributed by atoms with van der Waals surface area (Å²) in [5.74, 6) is -3.55. The second-order valence-electron chi connectivity index (χ2n) is 9.28. The van der Waals surface area contributed by atoms with Gasteiger partial charge in [0.05, 0.1) is 28.8 Å². The topological polar surface area (TPSA) is 130 Å². The third-order valence-electron chi connectivity index (χ3n) is 6.80. The van der Waals surface area contributed by atoms with E-state index in [1.54, 1.807) is 72.8 Å². The van der Waals surface area contributed by atoms with Crippen LogP contribution in [0.3, 0.4) is 0 Å². The van der Waals surface area contributed by atoms with E-state index in [1.807, 2.05) is 6.08 Å². The summed E-state index contributed by atoms with van der Waals surface area (Å²) >= 11 is 1.27. The molecule has 0 radical (unpaired) electrons. The van der Waals surface area contributed by atoms with E-state index < -0.39 is 17.8 Å². The number of rotatable bonds is 7. The fraction of sp³-hybridized carbons (Fsp3) is 0.167. The van der Waals surface area contributed by atoms with Crippen LogP contribution in [0.15, 0.2) is 83.8 Å². The van der Waals surface area contributed by atoms with Crippen molar-refractivity contribution in [1.29, 1.82) is 0 Å². The molecule has 196 valence electrons. The summed E-state index contributed by atoms with van der Waals surface area (Å²) in [4.78, 5) is 63.7. The van der Waals surface area contributed by atoms with Crippen molar-refractivity contribution in [3.63, 3.8) is 0 Å². The number of benzene rings is 3. The van der Waals surface area contributed by atoms with E-state index >= 15 is 0 Å². The first-order valence-electron chi connectivity index (χ1n) is 12.4. The number of allylic oxidation sites excluding steroid dienone is 2. The highest BCUT2D eigenvalue weighted by Gasteiger charge is 2.34. The molecule has 2 atom stereocenters. The number of nitrogens with one attached hydrogen (secondary N) is 2. The number of aliphatic carboxylic acids is 1. The molecule has 2 aliphatic rings. The van der Waals surface area contributed by atoms with E-state index in [2.05, 4.69) is 10.6 Å². The Morgan fingerprint density at radius 2 is 1.41 bits per heavy atom. The summed E-state index contributed by atoms with van der Waals surface area (Å²) in [6, 6.07) is 18.4. The number of carbonyl (C=O) groups excluding carboxylic acids is 4. The molecule has 3 N–H and O–H groups in total. The van der Waals surface area contributed by atoms with Crippen LogP contribution >= 0.6 is 11.8 Å². The first-order chi connectivity index (χ1) is 18.8.